The molecule has 0 aliphatic rings. The lowest BCUT2D eigenvalue weighted by molar-refractivity contribution is -0.138. The van der Waals surface area contributed by atoms with E-state index >= 15 is 0 Å². The number of amides is 1. The molecule has 0 fully saturated rings. The Kier molecular flexibility index (Phi) is 5.73. The van der Waals surface area contributed by atoms with Gasteiger partial charge in [0, 0.05) is 41.4 Å². The van der Waals surface area contributed by atoms with Crippen molar-refractivity contribution in [2.45, 2.75) is 26.4 Å². The Morgan fingerprint density at radius 2 is 1.86 bits per heavy atom. The minimum Gasteiger partial charge on any atom is -0.352 e. The zero-order valence-corrected chi connectivity index (χ0v) is 16.0. The van der Waals surface area contributed by atoms with Crippen LogP contribution in [0.1, 0.15) is 32.1 Å². The van der Waals surface area contributed by atoms with E-state index < -0.39 is 11.7 Å². The zero-order valence-electron chi connectivity index (χ0n) is 15.2. The molecule has 0 radical (unpaired) electrons. The highest BCUT2D eigenvalue weighted by atomic mass is 32.1. The van der Waals surface area contributed by atoms with Gasteiger partial charge in [-0.3, -0.25) is 4.79 Å². The highest BCUT2D eigenvalue weighted by molar-refractivity contribution is 7.09. The molecule has 5 nitrogen and oxygen atoms in total. The van der Waals surface area contributed by atoms with Crippen molar-refractivity contribution in [1.29, 1.82) is 0 Å². The molecular formula is C19H17F3N4OS. The fourth-order valence-electron chi connectivity index (χ4n) is 2.58. The van der Waals surface area contributed by atoms with Crippen LogP contribution in [0.3, 0.4) is 0 Å². The van der Waals surface area contributed by atoms with Crippen LogP contribution < -0.4 is 5.32 Å². The van der Waals surface area contributed by atoms with E-state index in [4.69, 9.17) is 0 Å². The first-order valence-corrected chi connectivity index (χ1v) is 9.31. The number of aromatic nitrogens is 3. The summed E-state index contributed by atoms with van der Waals surface area (Å²) in [7, 11) is 0. The van der Waals surface area contributed by atoms with Gasteiger partial charge in [0.2, 0.25) is 0 Å². The van der Waals surface area contributed by atoms with E-state index in [1.54, 1.807) is 42.0 Å². The first-order valence-electron chi connectivity index (χ1n) is 8.43. The number of hydrogen-bond donors (Lipinski definition) is 1. The lowest BCUT2D eigenvalue weighted by Crippen LogP contribution is -2.26. The number of carbonyl (C=O) groups excluding carboxylic acids is 1. The minimum atomic E-state index is -4.49. The Bertz CT molecular complexity index is 984. The largest absolute Gasteiger partial charge is 0.419 e. The van der Waals surface area contributed by atoms with Crippen LogP contribution in [0.25, 0.3) is 11.4 Å². The Morgan fingerprint density at radius 1 is 1.14 bits per heavy atom. The van der Waals surface area contributed by atoms with Gasteiger partial charge < -0.3 is 5.32 Å². The van der Waals surface area contributed by atoms with Gasteiger partial charge in [-0.2, -0.15) is 13.2 Å². The number of rotatable bonds is 5. The molecule has 3 aromatic rings. The molecule has 2 heterocycles. The second kappa shape index (κ2) is 8.05. The summed E-state index contributed by atoms with van der Waals surface area (Å²) in [4.78, 5) is 25.4. The predicted molar refractivity (Wildman–Crippen MR) is 100 cm³/mol. The summed E-state index contributed by atoms with van der Waals surface area (Å²) in [6, 6.07) is 4.99. The zero-order chi connectivity index (χ0) is 20.3. The lowest BCUT2D eigenvalue weighted by atomic mass is 10.0. The molecule has 0 bridgehead atoms. The fourth-order valence-corrected chi connectivity index (χ4v) is 3.36. The van der Waals surface area contributed by atoms with Crippen molar-refractivity contribution in [2.75, 3.05) is 6.54 Å². The predicted octanol–water partition coefficient (Wildman–Crippen LogP) is 4.21. The molecule has 28 heavy (non-hydrogen) atoms. The first kappa shape index (κ1) is 19.9. The number of nitrogens with one attached hydrogen (secondary N) is 1. The van der Waals surface area contributed by atoms with E-state index in [1.165, 1.54) is 0 Å². The number of nitrogens with zero attached hydrogens (tertiary/aromatic N) is 3. The van der Waals surface area contributed by atoms with E-state index in [2.05, 4.69) is 20.3 Å². The number of alkyl halides is 3. The molecule has 0 aliphatic carbocycles. The molecule has 9 heteroatoms. The summed E-state index contributed by atoms with van der Waals surface area (Å²) < 4.78 is 38.0. The smallest absolute Gasteiger partial charge is 0.352 e. The summed E-state index contributed by atoms with van der Waals surface area (Å²) in [5.74, 6) is -0.129. The fraction of sp³-hybridized carbons (Fsp3) is 0.263. The number of aryl methyl sites for hydroxylation is 2. The van der Waals surface area contributed by atoms with Crippen LogP contribution in [0.4, 0.5) is 13.2 Å². The van der Waals surface area contributed by atoms with Gasteiger partial charge in [0.1, 0.15) is 0 Å². The maximum atomic E-state index is 12.7. The lowest BCUT2D eigenvalue weighted by Gasteiger charge is -2.10. The number of thiazole rings is 1. The molecule has 0 saturated heterocycles. The van der Waals surface area contributed by atoms with Gasteiger partial charge in [-0.05, 0) is 25.5 Å². The Balaban J connectivity index is 1.73. The van der Waals surface area contributed by atoms with Crippen LogP contribution >= 0.6 is 11.3 Å². The topological polar surface area (TPSA) is 67.8 Å². The van der Waals surface area contributed by atoms with E-state index in [1.807, 2.05) is 6.92 Å². The van der Waals surface area contributed by atoms with Gasteiger partial charge >= 0.3 is 6.18 Å². The monoisotopic (exact) mass is 406 g/mol. The van der Waals surface area contributed by atoms with Gasteiger partial charge in [-0.15, -0.1) is 11.3 Å². The molecule has 3 rings (SSSR count). The third kappa shape index (κ3) is 4.53. The van der Waals surface area contributed by atoms with E-state index in [-0.39, 0.29) is 11.7 Å². The van der Waals surface area contributed by atoms with Crippen molar-refractivity contribution in [3.05, 3.63) is 63.4 Å². The summed E-state index contributed by atoms with van der Waals surface area (Å²) in [5.41, 5.74) is 3.47. The van der Waals surface area contributed by atoms with Crippen LogP contribution in [0, 0.1) is 13.8 Å². The molecule has 1 N–H and O–H groups in total. The maximum absolute atomic E-state index is 12.7. The van der Waals surface area contributed by atoms with Gasteiger partial charge in [-0.25, -0.2) is 15.0 Å². The van der Waals surface area contributed by atoms with Crippen LogP contribution in [-0.2, 0) is 12.6 Å². The second-order valence-corrected chi connectivity index (χ2v) is 7.13. The summed E-state index contributed by atoms with van der Waals surface area (Å²) in [6.45, 7) is 4.17. The maximum Gasteiger partial charge on any atom is 0.419 e. The van der Waals surface area contributed by atoms with Crippen LogP contribution in [-0.4, -0.2) is 27.4 Å². The van der Waals surface area contributed by atoms with Crippen molar-refractivity contribution in [2.24, 2.45) is 0 Å². The van der Waals surface area contributed by atoms with Gasteiger partial charge in [0.15, 0.2) is 5.82 Å². The van der Waals surface area contributed by atoms with Gasteiger partial charge in [-0.1, -0.05) is 12.1 Å². The third-order valence-electron chi connectivity index (χ3n) is 4.20. The number of hydrogen-bond acceptors (Lipinski definition) is 5. The molecule has 0 spiro atoms. The highest BCUT2D eigenvalue weighted by Crippen LogP contribution is 2.29. The first-order chi connectivity index (χ1) is 13.3. The van der Waals surface area contributed by atoms with E-state index in [0.29, 0.717) is 24.1 Å². The normalized spacial score (nSPS) is 11.5. The number of halogens is 3. The number of benzene rings is 1. The molecule has 1 amide bonds. The Labute approximate surface area is 163 Å². The molecular weight excluding hydrogens is 389 g/mol. The molecule has 1 aromatic carbocycles. The van der Waals surface area contributed by atoms with Crippen molar-refractivity contribution >= 4 is 17.2 Å². The number of carbonyl (C=O) groups is 1. The second-order valence-electron chi connectivity index (χ2n) is 6.19. The molecule has 0 atom stereocenters. The highest BCUT2D eigenvalue weighted by Gasteiger charge is 2.31. The minimum absolute atomic E-state index is 0.127. The quantitative estimate of drug-likeness (QED) is 0.689. The average molecular weight is 406 g/mol. The van der Waals surface area contributed by atoms with E-state index in [0.717, 1.165) is 28.5 Å². The van der Waals surface area contributed by atoms with Crippen molar-refractivity contribution < 1.29 is 18.0 Å². The van der Waals surface area contributed by atoms with Crippen LogP contribution in [0.15, 0.2) is 36.1 Å². The average Bonchev–Trinajstić information content (AvgIpc) is 3.06. The summed E-state index contributed by atoms with van der Waals surface area (Å²) in [5, 5.41) is 2.86. The molecule has 0 aliphatic heterocycles. The third-order valence-corrected chi connectivity index (χ3v) is 5.20. The molecule has 0 saturated carbocycles. The SMILES string of the molecule is Cc1ccc(-c2ncc(C(F)(F)F)cn2)cc1C(=O)NCCc1scnc1C. The van der Waals surface area contributed by atoms with E-state index in [9.17, 15) is 18.0 Å². The van der Waals surface area contributed by atoms with Crippen LogP contribution in [0.2, 0.25) is 0 Å². The standard InChI is InChI=1S/C19H17F3N4OS/c1-11-3-4-13(17-24-8-14(9-25-17)19(20,21)22)7-15(11)18(27)23-6-5-16-12(2)26-10-28-16/h3-4,7-10H,5-6H2,1-2H3,(H,23,27). The van der Waals surface area contributed by atoms with Crippen molar-refractivity contribution in [1.82, 2.24) is 20.3 Å². The Hall–Kier alpha value is -2.81. The van der Waals surface area contributed by atoms with Crippen LogP contribution in [0.5, 0.6) is 0 Å². The summed E-state index contributed by atoms with van der Waals surface area (Å²) in [6.07, 6.45) is -2.34. The van der Waals surface area contributed by atoms with Crippen molar-refractivity contribution in [3.63, 3.8) is 0 Å². The molecule has 2 aromatic heterocycles. The molecule has 0 unspecified atom stereocenters. The molecule has 146 valence electrons. The Morgan fingerprint density at radius 3 is 2.46 bits per heavy atom. The summed E-state index contributed by atoms with van der Waals surface area (Å²) >= 11 is 1.54. The van der Waals surface area contributed by atoms with Gasteiger partial charge in [0.25, 0.3) is 5.91 Å². The van der Waals surface area contributed by atoms with Gasteiger partial charge in [0.05, 0.1) is 16.8 Å². The van der Waals surface area contributed by atoms with Crippen molar-refractivity contribution in [3.8, 4) is 11.4 Å².